The number of imide groups is 1. The van der Waals surface area contributed by atoms with Gasteiger partial charge in [0.05, 0.1) is 11.1 Å². The summed E-state index contributed by atoms with van der Waals surface area (Å²) in [5.41, 5.74) is 1.15. The molecule has 0 spiro atoms. The first-order chi connectivity index (χ1) is 20.5. The Morgan fingerprint density at radius 3 is 1.07 bits per heavy atom. The third-order valence-electron chi connectivity index (χ3n) is 9.93. The smallest absolute Gasteiger partial charge is 0.261 e. The standard InChI is InChI=1S/C40H69NO2/c1-30(2)21-25-35(26-22-31(3)4)16-11-14-34(15-12-17-36(27-23-32(5)6)28-24-33(7)8)18-13-29-41-39(42)37-19-9-10-20-38(37)40(41)43/h9-10,19-20,30-36H,11-18,21-29H2,1-8H3. The second kappa shape index (κ2) is 20.4. The lowest BCUT2D eigenvalue weighted by molar-refractivity contribution is 0.0649. The molecule has 0 fully saturated rings. The summed E-state index contributed by atoms with van der Waals surface area (Å²) in [6.07, 6.45) is 20.9. The summed E-state index contributed by atoms with van der Waals surface area (Å²) in [5, 5.41) is 0. The maximum Gasteiger partial charge on any atom is 0.261 e. The lowest BCUT2D eigenvalue weighted by atomic mass is 9.83. The number of hydrogen-bond donors (Lipinski definition) is 0. The van der Waals surface area contributed by atoms with Crippen molar-refractivity contribution in [1.29, 1.82) is 0 Å². The molecule has 1 aliphatic rings. The van der Waals surface area contributed by atoms with Crippen LogP contribution in [-0.4, -0.2) is 23.3 Å². The molecule has 2 rings (SSSR count). The zero-order chi connectivity index (χ0) is 31.8. The summed E-state index contributed by atoms with van der Waals surface area (Å²) >= 11 is 0. The van der Waals surface area contributed by atoms with Crippen molar-refractivity contribution in [2.24, 2.45) is 41.4 Å². The molecule has 0 atom stereocenters. The number of rotatable bonds is 24. The molecule has 0 bridgehead atoms. The van der Waals surface area contributed by atoms with Gasteiger partial charge in [0, 0.05) is 6.54 Å². The summed E-state index contributed by atoms with van der Waals surface area (Å²) in [5.74, 6) is 5.36. The molecule has 1 heterocycles. The van der Waals surface area contributed by atoms with Gasteiger partial charge in [-0.25, -0.2) is 0 Å². The predicted octanol–water partition coefficient (Wildman–Crippen LogP) is 12.0. The van der Waals surface area contributed by atoms with Crippen LogP contribution in [0.2, 0.25) is 0 Å². The van der Waals surface area contributed by atoms with Crippen LogP contribution in [0.5, 0.6) is 0 Å². The van der Waals surface area contributed by atoms with E-state index in [1.54, 1.807) is 12.1 Å². The Labute approximate surface area is 267 Å². The number of amides is 2. The van der Waals surface area contributed by atoms with Crippen LogP contribution in [0.1, 0.15) is 179 Å². The van der Waals surface area contributed by atoms with Crippen LogP contribution in [-0.2, 0) is 0 Å². The van der Waals surface area contributed by atoms with Gasteiger partial charge in [-0.3, -0.25) is 14.5 Å². The fourth-order valence-corrected chi connectivity index (χ4v) is 6.95. The normalized spacial score (nSPS) is 13.9. The summed E-state index contributed by atoms with van der Waals surface area (Å²) in [6, 6.07) is 7.30. The van der Waals surface area contributed by atoms with Crippen molar-refractivity contribution in [3.8, 4) is 0 Å². The summed E-state index contributed by atoms with van der Waals surface area (Å²) in [6.45, 7) is 19.4. The Hall–Kier alpha value is -1.64. The molecular weight excluding hydrogens is 526 g/mol. The first-order valence-corrected chi connectivity index (χ1v) is 18.4. The van der Waals surface area contributed by atoms with Crippen molar-refractivity contribution >= 4 is 11.8 Å². The first kappa shape index (κ1) is 37.5. The van der Waals surface area contributed by atoms with E-state index in [2.05, 4.69) is 55.4 Å². The topological polar surface area (TPSA) is 37.4 Å². The molecule has 1 aromatic carbocycles. The quantitative estimate of drug-likeness (QED) is 0.111. The SMILES string of the molecule is CC(C)CCC(CCCC(CCCC(CCC(C)C)CCC(C)C)CCCN1C(=O)c2ccccc2C1=O)CCC(C)C. The van der Waals surface area contributed by atoms with Crippen molar-refractivity contribution < 1.29 is 9.59 Å². The Morgan fingerprint density at radius 1 is 0.442 bits per heavy atom. The molecule has 246 valence electrons. The fourth-order valence-electron chi connectivity index (χ4n) is 6.95. The Balaban J connectivity index is 1.96. The van der Waals surface area contributed by atoms with E-state index in [4.69, 9.17) is 0 Å². The molecule has 43 heavy (non-hydrogen) atoms. The van der Waals surface area contributed by atoms with Crippen LogP contribution in [0, 0.1) is 41.4 Å². The third-order valence-corrected chi connectivity index (χ3v) is 9.93. The third kappa shape index (κ3) is 14.8. The fraction of sp³-hybridized carbons (Fsp3) is 0.800. The van der Waals surface area contributed by atoms with Gasteiger partial charge in [-0.1, -0.05) is 157 Å². The zero-order valence-electron chi connectivity index (χ0n) is 29.6. The molecule has 1 aliphatic heterocycles. The van der Waals surface area contributed by atoms with Gasteiger partial charge in [0.2, 0.25) is 0 Å². The Bertz CT molecular complexity index is 824. The largest absolute Gasteiger partial charge is 0.274 e. The molecule has 3 heteroatoms. The molecule has 1 aromatic rings. The van der Waals surface area contributed by atoms with E-state index < -0.39 is 0 Å². The van der Waals surface area contributed by atoms with Crippen LogP contribution >= 0.6 is 0 Å². The summed E-state index contributed by atoms with van der Waals surface area (Å²) in [4.78, 5) is 27.3. The van der Waals surface area contributed by atoms with E-state index >= 15 is 0 Å². The van der Waals surface area contributed by atoms with E-state index in [0.717, 1.165) is 48.3 Å². The van der Waals surface area contributed by atoms with Gasteiger partial charge in [-0.2, -0.15) is 0 Å². The molecule has 0 aliphatic carbocycles. The predicted molar refractivity (Wildman–Crippen MR) is 186 cm³/mol. The van der Waals surface area contributed by atoms with Crippen molar-refractivity contribution in [1.82, 2.24) is 4.90 Å². The summed E-state index contributed by atoms with van der Waals surface area (Å²) < 4.78 is 0. The van der Waals surface area contributed by atoms with Gasteiger partial charge in [0.15, 0.2) is 0 Å². The van der Waals surface area contributed by atoms with Gasteiger partial charge in [0.1, 0.15) is 0 Å². The maximum atomic E-state index is 12.9. The number of benzene rings is 1. The minimum absolute atomic E-state index is 0.103. The summed E-state index contributed by atoms with van der Waals surface area (Å²) in [7, 11) is 0. The minimum Gasteiger partial charge on any atom is -0.274 e. The lowest BCUT2D eigenvalue weighted by Crippen LogP contribution is -2.31. The van der Waals surface area contributed by atoms with Gasteiger partial charge < -0.3 is 0 Å². The number of carbonyl (C=O) groups is 2. The number of hydrogen-bond acceptors (Lipinski definition) is 2. The molecule has 0 N–H and O–H groups in total. The average molecular weight is 596 g/mol. The number of fused-ring (bicyclic) bond motifs is 1. The maximum absolute atomic E-state index is 12.9. The molecular formula is C40H69NO2. The van der Waals surface area contributed by atoms with E-state index in [0.29, 0.717) is 23.6 Å². The number of nitrogens with zero attached hydrogens (tertiary/aromatic N) is 1. The average Bonchev–Trinajstić information content (AvgIpc) is 3.19. The van der Waals surface area contributed by atoms with Crippen LogP contribution in [0.15, 0.2) is 24.3 Å². The van der Waals surface area contributed by atoms with Gasteiger partial charge in [-0.15, -0.1) is 0 Å². The lowest BCUT2D eigenvalue weighted by Gasteiger charge is -2.24. The first-order valence-electron chi connectivity index (χ1n) is 18.4. The molecule has 0 saturated heterocycles. The number of carbonyl (C=O) groups excluding carboxylic acids is 2. The molecule has 0 saturated carbocycles. The Kier molecular flexibility index (Phi) is 17.8. The van der Waals surface area contributed by atoms with E-state index in [1.165, 1.54) is 94.8 Å². The van der Waals surface area contributed by atoms with Gasteiger partial charge >= 0.3 is 0 Å². The van der Waals surface area contributed by atoms with Gasteiger partial charge in [0.25, 0.3) is 11.8 Å². The van der Waals surface area contributed by atoms with Crippen molar-refractivity contribution in [3.63, 3.8) is 0 Å². The van der Waals surface area contributed by atoms with Crippen molar-refractivity contribution in [2.45, 2.75) is 158 Å². The molecule has 2 amide bonds. The monoisotopic (exact) mass is 596 g/mol. The van der Waals surface area contributed by atoms with Gasteiger partial charge in [-0.05, 0) is 66.4 Å². The molecule has 0 radical (unpaired) electrons. The van der Waals surface area contributed by atoms with Crippen molar-refractivity contribution in [2.75, 3.05) is 6.54 Å². The Morgan fingerprint density at radius 2 is 0.744 bits per heavy atom. The highest BCUT2D eigenvalue weighted by Gasteiger charge is 2.34. The van der Waals surface area contributed by atoms with E-state index in [9.17, 15) is 9.59 Å². The van der Waals surface area contributed by atoms with Crippen LogP contribution < -0.4 is 0 Å². The zero-order valence-corrected chi connectivity index (χ0v) is 29.6. The molecule has 0 unspecified atom stereocenters. The second-order valence-corrected chi connectivity index (χ2v) is 15.8. The highest BCUT2D eigenvalue weighted by Crippen LogP contribution is 2.31. The second-order valence-electron chi connectivity index (χ2n) is 15.8. The van der Waals surface area contributed by atoms with Crippen molar-refractivity contribution in [3.05, 3.63) is 35.4 Å². The molecule has 0 aromatic heterocycles. The van der Waals surface area contributed by atoms with Crippen LogP contribution in [0.3, 0.4) is 0 Å². The van der Waals surface area contributed by atoms with Crippen LogP contribution in [0.25, 0.3) is 0 Å². The van der Waals surface area contributed by atoms with E-state index in [1.807, 2.05) is 12.1 Å². The minimum atomic E-state index is -0.103. The molecule has 3 nitrogen and oxygen atoms in total. The van der Waals surface area contributed by atoms with E-state index in [-0.39, 0.29) is 11.8 Å². The highest BCUT2D eigenvalue weighted by atomic mass is 16.2. The van der Waals surface area contributed by atoms with Crippen LogP contribution in [0.4, 0.5) is 0 Å². The highest BCUT2D eigenvalue weighted by molar-refractivity contribution is 6.21.